The number of nitrogens with zero attached hydrogens (tertiary/aromatic N) is 2. The second-order valence-electron chi connectivity index (χ2n) is 10.8. The van der Waals surface area contributed by atoms with Crippen molar-refractivity contribution in [1.82, 2.24) is 4.90 Å². The van der Waals surface area contributed by atoms with E-state index in [1.165, 1.54) is 28.8 Å². The van der Waals surface area contributed by atoms with E-state index in [1.54, 1.807) is 7.11 Å². The summed E-state index contributed by atoms with van der Waals surface area (Å²) in [5, 5.41) is 10.0. The zero-order chi connectivity index (χ0) is 26.2. The number of likely N-dealkylation sites (N-methyl/N-ethyl adjacent to an activating group) is 1. The Balaban J connectivity index is 1.42. The van der Waals surface area contributed by atoms with Crippen LogP contribution in [0.2, 0.25) is 0 Å². The van der Waals surface area contributed by atoms with E-state index < -0.39 is 0 Å². The molecule has 0 aromatic heterocycles. The van der Waals surface area contributed by atoms with Crippen molar-refractivity contribution in [1.29, 1.82) is 0 Å². The van der Waals surface area contributed by atoms with E-state index in [0.717, 1.165) is 76.4 Å². The maximum absolute atomic E-state index is 10.0. The minimum Gasteiger partial charge on any atom is -0.497 e. The number of ether oxygens (including phenoxy) is 2. The molecule has 0 bridgehead atoms. The van der Waals surface area contributed by atoms with Crippen LogP contribution in [0, 0.1) is 5.92 Å². The van der Waals surface area contributed by atoms with Gasteiger partial charge in [-0.25, -0.2) is 0 Å². The van der Waals surface area contributed by atoms with Crippen molar-refractivity contribution in [3.8, 4) is 5.75 Å². The van der Waals surface area contributed by atoms with Crippen molar-refractivity contribution in [3.63, 3.8) is 0 Å². The Morgan fingerprint density at radius 2 is 1.95 bits per heavy atom. The molecule has 1 aromatic carbocycles. The number of allylic oxidation sites excluding steroid dienone is 4. The number of rotatable bonds is 12. The molecule has 202 valence electrons. The van der Waals surface area contributed by atoms with Crippen LogP contribution in [0.5, 0.6) is 5.75 Å². The minimum absolute atomic E-state index is 0.312. The van der Waals surface area contributed by atoms with E-state index >= 15 is 0 Å². The van der Waals surface area contributed by atoms with Crippen molar-refractivity contribution in [2.45, 2.75) is 64.4 Å². The van der Waals surface area contributed by atoms with Crippen LogP contribution in [-0.2, 0) is 4.74 Å². The molecular formula is C32H46N2O3. The number of benzene rings is 1. The van der Waals surface area contributed by atoms with Gasteiger partial charge in [-0.2, -0.15) is 0 Å². The Hall–Kier alpha value is -2.50. The van der Waals surface area contributed by atoms with E-state index in [1.807, 2.05) is 6.08 Å². The molecule has 0 saturated carbocycles. The summed E-state index contributed by atoms with van der Waals surface area (Å²) in [6.45, 7) is 9.19. The fraction of sp³-hybridized carbons (Fsp3) is 0.562. The molecule has 0 radical (unpaired) electrons. The number of methoxy groups -OCH3 is 1. The molecule has 37 heavy (non-hydrogen) atoms. The molecule has 5 nitrogen and oxygen atoms in total. The maximum Gasteiger partial charge on any atom is 0.120 e. The topological polar surface area (TPSA) is 45.2 Å². The van der Waals surface area contributed by atoms with Gasteiger partial charge in [0, 0.05) is 31.4 Å². The third-order valence-electron chi connectivity index (χ3n) is 8.05. The van der Waals surface area contributed by atoms with Crippen LogP contribution in [-0.4, -0.2) is 63.1 Å². The highest BCUT2D eigenvalue weighted by Gasteiger charge is 2.27. The first kappa shape index (κ1) is 27.5. The number of hydrogen-bond donors (Lipinski definition) is 1. The Morgan fingerprint density at radius 1 is 1.08 bits per heavy atom. The first-order valence-corrected chi connectivity index (χ1v) is 14.2. The summed E-state index contributed by atoms with van der Waals surface area (Å²) in [5.41, 5.74) is 5.60. The molecule has 1 aromatic rings. The summed E-state index contributed by atoms with van der Waals surface area (Å²) in [4.78, 5) is 4.84. The SMILES string of the molecule is CCCN(C)CCOC1=CCC(CN(CC)c2cc(OC)ccc2[C@@H]2CCC3=C(C=CC(O)C3)C2)C=C1. The molecule has 1 N–H and O–H groups in total. The molecule has 5 heteroatoms. The monoisotopic (exact) mass is 506 g/mol. The van der Waals surface area contributed by atoms with Crippen LogP contribution in [0.25, 0.3) is 0 Å². The highest BCUT2D eigenvalue weighted by atomic mass is 16.5. The fourth-order valence-electron chi connectivity index (χ4n) is 5.90. The normalized spacial score (nSPS) is 23.2. The van der Waals surface area contributed by atoms with Crippen LogP contribution >= 0.6 is 0 Å². The highest BCUT2D eigenvalue weighted by molar-refractivity contribution is 5.60. The molecular weight excluding hydrogens is 460 g/mol. The Labute approximate surface area is 224 Å². The van der Waals surface area contributed by atoms with Gasteiger partial charge in [-0.15, -0.1) is 0 Å². The summed E-state index contributed by atoms with van der Waals surface area (Å²) >= 11 is 0. The molecule has 3 aliphatic rings. The summed E-state index contributed by atoms with van der Waals surface area (Å²) < 4.78 is 11.7. The fourth-order valence-corrected chi connectivity index (χ4v) is 5.90. The van der Waals surface area contributed by atoms with Gasteiger partial charge in [0.2, 0.25) is 0 Å². The minimum atomic E-state index is -0.312. The summed E-state index contributed by atoms with van der Waals surface area (Å²) in [5.74, 6) is 2.86. The summed E-state index contributed by atoms with van der Waals surface area (Å²) in [6.07, 6.45) is 16.8. The lowest BCUT2D eigenvalue weighted by Gasteiger charge is -2.34. The predicted octanol–water partition coefficient (Wildman–Crippen LogP) is 6.22. The van der Waals surface area contributed by atoms with Crippen LogP contribution < -0.4 is 9.64 Å². The van der Waals surface area contributed by atoms with E-state index in [2.05, 4.69) is 73.2 Å². The average molecular weight is 507 g/mol. The maximum atomic E-state index is 10.0. The van der Waals surface area contributed by atoms with Gasteiger partial charge in [-0.05, 0) is 100 Å². The van der Waals surface area contributed by atoms with Crippen molar-refractivity contribution >= 4 is 5.69 Å². The third kappa shape index (κ3) is 7.30. The number of aliphatic hydroxyl groups excluding tert-OH is 1. The van der Waals surface area contributed by atoms with Gasteiger partial charge < -0.3 is 24.4 Å². The first-order chi connectivity index (χ1) is 18.0. The summed E-state index contributed by atoms with van der Waals surface area (Å²) in [7, 11) is 3.90. The molecule has 0 spiro atoms. The molecule has 0 heterocycles. The van der Waals surface area contributed by atoms with E-state index in [4.69, 9.17) is 9.47 Å². The van der Waals surface area contributed by atoms with Gasteiger partial charge in [0.25, 0.3) is 0 Å². The van der Waals surface area contributed by atoms with Crippen molar-refractivity contribution in [2.75, 3.05) is 51.8 Å². The predicted molar refractivity (Wildman–Crippen MR) is 153 cm³/mol. The van der Waals surface area contributed by atoms with Crippen LogP contribution in [0.15, 0.2) is 65.5 Å². The molecule has 2 unspecified atom stereocenters. The molecule has 0 aliphatic heterocycles. The Bertz CT molecular complexity index is 1020. The van der Waals surface area contributed by atoms with Crippen LogP contribution in [0.1, 0.15) is 63.9 Å². The van der Waals surface area contributed by atoms with E-state index in [9.17, 15) is 5.11 Å². The van der Waals surface area contributed by atoms with Gasteiger partial charge in [-0.3, -0.25) is 0 Å². The lowest BCUT2D eigenvalue weighted by atomic mass is 9.76. The summed E-state index contributed by atoms with van der Waals surface area (Å²) in [6, 6.07) is 6.63. The largest absolute Gasteiger partial charge is 0.497 e. The Morgan fingerprint density at radius 3 is 2.68 bits per heavy atom. The quantitative estimate of drug-likeness (QED) is 0.364. The lowest BCUT2D eigenvalue weighted by molar-refractivity contribution is 0.178. The first-order valence-electron chi connectivity index (χ1n) is 14.2. The average Bonchev–Trinajstić information content (AvgIpc) is 2.92. The molecule has 0 saturated heterocycles. The number of anilines is 1. The molecule has 4 rings (SSSR count). The molecule has 3 aliphatic carbocycles. The van der Waals surface area contributed by atoms with Gasteiger partial charge in [0.15, 0.2) is 0 Å². The van der Waals surface area contributed by atoms with Crippen molar-refractivity contribution in [3.05, 3.63) is 71.0 Å². The van der Waals surface area contributed by atoms with Gasteiger partial charge >= 0.3 is 0 Å². The van der Waals surface area contributed by atoms with Crippen molar-refractivity contribution in [2.24, 2.45) is 5.92 Å². The second-order valence-corrected chi connectivity index (χ2v) is 10.8. The molecule has 0 amide bonds. The standard InChI is InChI=1S/C32H46N2O3/c1-5-17-33(3)18-19-37-29-13-7-24(8-14-29)23-34(6-2)32-22-30(36-4)15-16-31(32)27-10-9-26-21-28(35)12-11-25(26)20-27/h7,11-16,22,24,27-28,35H,5-6,8-10,17-21,23H2,1-4H3/t24?,27-,28?/m1/s1. The third-order valence-corrected chi connectivity index (χ3v) is 8.05. The van der Waals surface area contributed by atoms with Crippen LogP contribution in [0.3, 0.4) is 0 Å². The second kappa shape index (κ2) is 13.3. The van der Waals surface area contributed by atoms with E-state index in [-0.39, 0.29) is 6.10 Å². The smallest absolute Gasteiger partial charge is 0.120 e. The van der Waals surface area contributed by atoms with E-state index in [0.29, 0.717) is 11.8 Å². The zero-order valence-electron chi connectivity index (χ0n) is 23.3. The van der Waals surface area contributed by atoms with Crippen LogP contribution in [0.4, 0.5) is 5.69 Å². The van der Waals surface area contributed by atoms with Gasteiger partial charge in [0.05, 0.1) is 13.2 Å². The highest BCUT2D eigenvalue weighted by Crippen LogP contribution is 2.44. The van der Waals surface area contributed by atoms with Gasteiger partial charge in [-0.1, -0.05) is 36.8 Å². The van der Waals surface area contributed by atoms with Crippen molar-refractivity contribution < 1.29 is 14.6 Å². The molecule has 0 fully saturated rings. The molecule has 3 atom stereocenters. The zero-order valence-corrected chi connectivity index (χ0v) is 23.3. The number of hydrogen-bond acceptors (Lipinski definition) is 5. The lowest BCUT2D eigenvalue weighted by Crippen LogP contribution is -2.30. The van der Waals surface area contributed by atoms with Gasteiger partial charge in [0.1, 0.15) is 18.1 Å². The number of aliphatic hydroxyl groups is 1. The Kier molecular flexibility index (Phi) is 9.93.